The van der Waals surface area contributed by atoms with Gasteiger partial charge in [-0.2, -0.15) is 0 Å². The minimum Gasteiger partial charge on any atom is -0.350 e. The Balaban J connectivity index is 2.02. The van der Waals surface area contributed by atoms with Crippen LogP contribution in [0.2, 0.25) is 0 Å². The summed E-state index contributed by atoms with van der Waals surface area (Å²) < 4.78 is 0. The molecule has 1 heterocycles. The third-order valence-corrected chi connectivity index (χ3v) is 3.51. The minimum atomic E-state index is -0.0210. The van der Waals surface area contributed by atoms with Crippen LogP contribution in [-0.2, 0) is 0 Å². The van der Waals surface area contributed by atoms with Gasteiger partial charge in [0.05, 0.1) is 17.4 Å². The summed E-state index contributed by atoms with van der Waals surface area (Å²) in [5, 5.41) is 3.05. The Morgan fingerprint density at radius 2 is 2.21 bits per heavy atom. The maximum Gasteiger partial charge on any atom is 0.251 e. The molecule has 0 bridgehead atoms. The number of carbonyl (C=O) groups is 1. The maximum atomic E-state index is 12.1. The first-order chi connectivity index (χ1) is 9.10. The van der Waals surface area contributed by atoms with E-state index in [9.17, 15) is 4.79 Å². The molecule has 2 atom stereocenters. The molecule has 4 heteroatoms. The number of hydrogen-bond acceptors (Lipinski definition) is 2. The predicted molar refractivity (Wildman–Crippen MR) is 77.1 cm³/mol. The van der Waals surface area contributed by atoms with Crippen LogP contribution in [0.1, 0.15) is 44.0 Å². The van der Waals surface area contributed by atoms with Gasteiger partial charge in [-0.3, -0.25) is 4.79 Å². The van der Waals surface area contributed by atoms with Gasteiger partial charge < -0.3 is 10.3 Å². The first-order valence-corrected chi connectivity index (χ1v) is 6.84. The average Bonchev–Trinajstić information content (AvgIpc) is 2.85. The number of rotatable bonds is 5. The zero-order valence-corrected chi connectivity index (χ0v) is 11.7. The van der Waals surface area contributed by atoms with Crippen molar-refractivity contribution in [3.05, 3.63) is 30.1 Å². The minimum absolute atomic E-state index is 0.0210. The monoisotopic (exact) mass is 259 g/mol. The summed E-state index contributed by atoms with van der Waals surface area (Å²) in [6.45, 7) is 6.43. The maximum absolute atomic E-state index is 12.1. The first-order valence-electron chi connectivity index (χ1n) is 6.84. The Bertz CT molecular complexity index is 561. The lowest BCUT2D eigenvalue weighted by atomic mass is 10.00. The van der Waals surface area contributed by atoms with Crippen LogP contribution in [0.25, 0.3) is 11.0 Å². The summed E-state index contributed by atoms with van der Waals surface area (Å²) in [4.78, 5) is 19.3. The van der Waals surface area contributed by atoms with Gasteiger partial charge in [0.15, 0.2) is 0 Å². The van der Waals surface area contributed by atoms with Gasteiger partial charge in [-0.15, -0.1) is 0 Å². The van der Waals surface area contributed by atoms with Crippen molar-refractivity contribution in [3.63, 3.8) is 0 Å². The van der Waals surface area contributed by atoms with Crippen molar-refractivity contribution in [2.45, 2.75) is 39.7 Å². The van der Waals surface area contributed by atoms with Gasteiger partial charge in [0, 0.05) is 11.6 Å². The fourth-order valence-electron chi connectivity index (χ4n) is 2.21. The number of nitrogens with zero attached hydrogens (tertiary/aromatic N) is 1. The zero-order chi connectivity index (χ0) is 13.8. The predicted octanol–water partition coefficient (Wildman–Crippen LogP) is 3.12. The van der Waals surface area contributed by atoms with Gasteiger partial charge in [0.25, 0.3) is 5.91 Å². The Morgan fingerprint density at radius 3 is 2.95 bits per heavy atom. The van der Waals surface area contributed by atoms with Crippen molar-refractivity contribution < 1.29 is 4.79 Å². The molecular weight excluding hydrogens is 238 g/mol. The van der Waals surface area contributed by atoms with Crippen LogP contribution in [0.5, 0.6) is 0 Å². The van der Waals surface area contributed by atoms with Crippen LogP contribution >= 0.6 is 0 Å². The standard InChI is InChI=1S/C15H21N3O/c1-4-10(2)7-11(3)18-15(19)12-5-6-13-14(8-12)17-9-16-13/h5-6,8-11H,4,7H2,1-3H3,(H,16,17)(H,18,19). The Hall–Kier alpha value is -1.84. The highest BCUT2D eigenvalue weighted by Crippen LogP contribution is 2.13. The SMILES string of the molecule is CCC(C)CC(C)NC(=O)c1ccc2nc[nH]c2c1. The Labute approximate surface area is 113 Å². The summed E-state index contributed by atoms with van der Waals surface area (Å²) in [5.41, 5.74) is 2.44. The molecule has 1 aromatic heterocycles. The van der Waals surface area contributed by atoms with Crippen molar-refractivity contribution in [2.75, 3.05) is 0 Å². The summed E-state index contributed by atoms with van der Waals surface area (Å²) in [7, 11) is 0. The third-order valence-electron chi connectivity index (χ3n) is 3.51. The molecule has 0 aliphatic heterocycles. The van der Waals surface area contributed by atoms with Crippen molar-refractivity contribution in [3.8, 4) is 0 Å². The number of hydrogen-bond donors (Lipinski definition) is 2. The molecule has 0 aliphatic carbocycles. The Kier molecular flexibility index (Phi) is 4.20. The highest BCUT2D eigenvalue weighted by atomic mass is 16.1. The van der Waals surface area contributed by atoms with E-state index in [1.54, 1.807) is 6.33 Å². The molecule has 0 saturated carbocycles. The largest absolute Gasteiger partial charge is 0.350 e. The van der Waals surface area contributed by atoms with Crippen LogP contribution in [0.15, 0.2) is 24.5 Å². The lowest BCUT2D eigenvalue weighted by Gasteiger charge is -2.17. The van der Waals surface area contributed by atoms with E-state index in [1.807, 2.05) is 18.2 Å². The van der Waals surface area contributed by atoms with Crippen LogP contribution in [0, 0.1) is 5.92 Å². The Morgan fingerprint density at radius 1 is 1.42 bits per heavy atom. The fourth-order valence-corrected chi connectivity index (χ4v) is 2.21. The quantitative estimate of drug-likeness (QED) is 0.866. The van der Waals surface area contributed by atoms with E-state index in [-0.39, 0.29) is 11.9 Å². The number of nitrogens with one attached hydrogen (secondary N) is 2. The number of carbonyl (C=O) groups excluding carboxylic acids is 1. The first kappa shape index (κ1) is 13.6. The normalized spacial score (nSPS) is 14.3. The van der Waals surface area contributed by atoms with E-state index >= 15 is 0 Å². The molecule has 0 saturated heterocycles. The van der Waals surface area contributed by atoms with Crippen molar-refractivity contribution in [1.29, 1.82) is 0 Å². The van der Waals surface area contributed by atoms with Crippen molar-refractivity contribution >= 4 is 16.9 Å². The molecule has 19 heavy (non-hydrogen) atoms. The molecule has 1 amide bonds. The van der Waals surface area contributed by atoms with Crippen molar-refractivity contribution in [1.82, 2.24) is 15.3 Å². The van der Waals surface area contributed by atoms with E-state index < -0.39 is 0 Å². The van der Waals surface area contributed by atoms with Crippen molar-refractivity contribution in [2.24, 2.45) is 5.92 Å². The zero-order valence-electron chi connectivity index (χ0n) is 11.7. The highest BCUT2D eigenvalue weighted by molar-refractivity contribution is 5.97. The molecular formula is C15H21N3O. The van der Waals surface area contributed by atoms with E-state index in [0.717, 1.165) is 23.9 Å². The molecule has 2 aromatic rings. The molecule has 2 N–H and O–H groups in total. The molecule has 4 nitrogen and oxygen atoms in total. The number of H-pyrrole nitrogens is 1. The number of benzene rings is 1. The smallest absolute Gasteiger partial charge is 0.251 e. The molecule has 102 valence electrons. The van der Waals surface area contributed by atoms with Crippen LogP contribution in [-0.4, -0.2) is 21.9 Å². The average molecular weight is 259 g/mol. The molecule has 2 rings (SSSR count). The lowest BCUT2D eigenvalue weighted by Crippen LogP contribution is -2.33. The summed E-state index contributed by atoms with van der Waals surface area (Å²) in [6, 6.07) is 5.71. The lowest BCUT2D eigenvalue weighted by molar-refractivity contribution is 0.0935. The second-order valence-electron chi connectivity index (χ2n) is 5.26. The van der Waals surface area contributed by atoms with E-state index in [2.05, 4.69) is 36.1 Å². The number of fused-ring (bicyclic) bond motifs is 1. The molecule has 0 spiro atoms. The third kappa shape index (κ3) is 3.34. The molecule has 0 radical (unpaired) electrons. The second kappa shape index (κ2) is 5.87. The van der Waals surface area contributed by atoms with E-state index in [1.165, 1.54) is 0 Å². The summed E-state index contributed by atoms with van der Waals surface area (Å²) in [5.74, 6) is 0.609. The summed E-state index contributed by atoms with van der Waals surface area (Å²) in [6.07, 6.45) is 3.78. The molecule has 0 aliphatic rings. The number of aromatic nitrogens is 2. The fraction of sp³-hybridized carbons (Fsp3) is 0.467. The molecule has 1 aromatic carbocycles. The second-order valence-corrected chi connectivity index (χ2v) is 5.26. The highest BCUT2D eigenvalue weighted by Gasteiger charge is 2.12. The summed E-state index contributed by atoms with van der Waals surface area (Å²) >= 11 is 0. The number of aromatic amines is 1. The van der Waals surface area contributed by atoms with Crippen LogP contribution in [0.4, 0.5) is 0 Å². The van der Waals surface area contributed by atoms with Gasteiger partial charge in [-0.05, 0) is 37.5 Å². The topological polar surface area (TPSA) is 57.8 Å². The number of amides is 1. The van der Waals surface area contributed by atoms with Gasteiger partial charge in [-0.25, -0.2) is 4.98 Å². The van der Waals surface area contributed by atoms with E-state index in [4.69, 9.17) is 0 Å². The van der Waals surface area contributed by atoms with Crippen LogP contribution in [0.3, 0.4) is 0 Å². The van der Waals surface area contributed by atoms with Gasteiger partial charge in [-0.1, -0.05) is 20.3 Å². The molecule has 2 unspecified atom stereocenters. The molecule has 0 fully saturated rings. The van der Waals surface area contributed by atoms with Gasteiger partial charge in [0.2, 0.25) is 0 Å². The van der Waals surface area contributed by atoms with E-state index in [0.29, 0.717) is 11.5 Å². The van der Waals surface area contributed by atoms with Gasteiger partial charge in [0.1, 0.15) is 0 Å². The number of imidazole rings is 1. The van der Waals surface area contributed by atoms with Gasteiger partial charge >= 0.3 is 0 Å². The van der Waals surface area contributed by atoms with Crippen LogP contribution < -0.4 is 5.32 Å².